The summed E-state index contributed by atoms with van der Waals surface area (Å²) in [6.45, 7) is 0. The minimum absolute atomic E-state index is 0.0494. The van der Waals surface area contributed by atoms with E-state index in [9.17, 15) is 30.6 Å². The summed E-state index contributed by atoms with van der Waals surface area (Å²) < 4.78 is 94.7. The second kappa shape index (κ2) is 4.71. The van der Waals surface area contributed by atoms with Crippen LogP contribution in [0, 0.1) is 0 Å². The summed E-state index contributed by atoms with van der Waals surface area (Å²) in [6.07, 6.45) is -9.18. The van der Waals surface area contributed by atoms with Gasteiger partial charge in [0.1, 0.15) is 0 Å². The highest BCUT2D eigenvalue weighted by molar-refractivity contribution is 7.95. The molecule has 108 valence electrons. The smallest absolute Gasteiger partial charge is 0.314 e. The summed E-state index contributed by atoms with van der Waals surface area (Å²) in [5.74, 6) is 0. The number of rotatable bonds is 1. The first kappa shape index (κ1) is 15.8. The van der Waals surface area contributed by atoms with Crippen LogP contribution in [-0.4, -0.2) is 20.4 Å². The molecule has 0 heterocycles. The van der Waals surface area contributed by atoms with E-state index in [2.05, 4.69) is 0 Å². The van der Waals surface area contributed by atoms with Crippen LogP contribution in [0.3, 0.4) is 0 Å². The molecule has 0 aliphatic carbocycles. The second-order valence-electron chi connectivity index (χ2n) is 3.82. The predicted octanol–water partition coefficient (Wildman–Crippen LogP) is 3.26. The molecule has 1 atom stereocenters. The average Bonchev–Trinajstić information content (AvgIpc) is 2.11. The van der Waals surface area contributed by atoms with Gasteiger partial charge in [-0.1, -0.05) is 0 Å². The number of hydrogen-bond acceptors (Lipinski definition) is 1. The molecule has 1 aromatic rings. The molecular weight excluding hydrogens is 298 g/mol. The van der Waals surface area contributed by atoms with E-state index in [1.807, 2.05) is 0 Å². The van der Waals surface area contributed by atoms with Gasteiger partial charge in [-0.15, -0.1) is 0 Å². The molecule has 0 aliphatic rings. The summed E-state index contributed by atoms with van der Waals surface area (Å²) in [7, 11) is -3.61. The Bertz CT molecular complexity index is 553. The summed E-state index contributed by atoms with van der Waals surface area (Å²) in [4.78, 5) is 0. The van der Waals surface area contributed by atoms with E-state index in [-0.39, 0.29) is 6.07 Å². The molecule has 2 nitrogen and oxygen atoms in total. The number of alkyl halides is 6. The SMILES string of the molecule is CS(=O)(O)=Cc1cc(C(F)(F)F)cc(C(F)(F)F)c1. The quantitative estimate of drug-likeness (QED) is 0.639. The fraction of sp³-hybridized carbons (Fsp3) is 0.300. The van der Waals surface area contributed by atoms with Gasteiger partial charge in [0, 0.05) is 11.6 Å². The summed E-state index contributed by atoms with van der Waals surface area (Å²) in [5.41, 5.74) is -3.67. The second-order valence-corrected chi connectivity index (χ2v) is 5.78. The number of benzene rings is 1. The fourth-order valence-electron chi connectivity index (χ4n) is 1.30. The maximum absolute atomic E-state index is 12.5. The molecule has 0 saturated heterocycles. The van der Waals surface area contributed by atoms with Crippen molar-refractivity contribution < 1.29 is 35.1 Å². The molecule has 0 amide bonds. The van der Waals surface area contributed by atoms with Crippen molar-refractivity contribution in [2.24, 2.45) is 0 Å². The lowest BCUT2D eigenvalue weighted by Crippen LogP contribution is -2.12. The van der Waals surface area contributed by atoms with Crippen LogP contribution in [0.25, 0.3) is 0 Å². The Morgan fingerprint density at radius 2 is 1.37 bits per heavy atom. The summed E-state index contributed by atoms with van der Waals surface area (Å²) in [5, 5.41) is 0.456. The zero-order chi connectivity index (χ0) is 15.1. The third kappa shape index (κ3) is 4.75. The van der Waals surface area contributed by atoms with Crippen LogP contribution < -0.4 is 0 Å². The molecule has 9 heteroatoms. The van der Waals surface area contributed by atoms with Gasteiger partial charge in [-0.25, -0.2) is 4.21 Å². The molecule has 0 saturated carbocycles. The lowest BCUT2D eigenvalue weighted by molar-refractivity contribution is -0.143. The maximum atomic E-state index is 12.5. The minimum atomic E-state index is -4.98. The van der Waals surface area contributed by atoms with E-state index in [1.54, 1.807) is 0 Å². The Labute approximate surface area is 104 Å². The standard InChI is InChI=1S/C10H8F6O2S/c1-19(17,18)5-6-2-7(9(11,12)13)4-8(3-6)10(14,15)16/h2-5H,1H3,(H,17,18). The predicted molar refractivity (Wildman–Crippen MR) is 58.3 cm³/mol. The van der Waals surface area contributed by atoms with E-state index in [4.69, 9.17) is 4.55 Å². The average molecular weight is 306 g/mol. The van der Waals surface area contributed by atoms with Crippen molar-refractivity contribution in [2.45, 2.75) is 12.4 Å². The van der Waals surface area contributed by atoms with E-state index in [0.717, 1.165) is 6.26 Å². The van der Waals surface area contributed by atoms with Crippen LogP contribution in [0.1, 0.15) is 16.7 Å². The van der Waals surface area contributed by atoms with Crippen molar-refractivity contribution in [2.75, 3.05) is 6.26 Å². The van der Waals surface area contributed by atoms with Crippen molar-refractivity contribution in [3.05, 3.63) is 34.9 Å². The van der Waals surface area contributed by atoms with Crippen LogP contribution in [0.15, 0.2) is 18.2 Å². The van der Waals surface area contributed by atoms with Gasteiger partial charge in [0.05, 0.1) is 20.9 Å². The van der Waals surface area contributed by atoms with E-state index in [1.165, 1.54) is 0 Å². The van der Waals surface area contributed by atoms with Crippen molar-refractivity contribution in [3.8, 4) is 0 Å². The van der Waals surface area contributed by atoms with Crippen LogP contribution in [-0.2, 0) is 22.2 Å². The third-order valence-electron chi connectivity index (χ3n) is 1.96. The molecule has 0 aromatic heterocycles. The number of hydrogen-bond donors (Lipinski definition) is 1. The van der Waals surface area contributed by atoms with Gasteiger partial charge >= 0.3 is 12.4 Å². The maximum Gasteiger partial charge on any atom is 0.416 e. The van der Waals surface area contributed by atoms with Gasteiger partial charge in [-0.3, -0.25) is 0 Å². The molecule has 1 rings (SSSR count). The van der Waals surface area contributed by atoms with Gasteiger partial charge < -0.3 is 4.55 Å². The Hall–Kier alpha value is -1.22. The Morgan fingerprint density at radius 1 is 1.00 bits per heavy atom. The zero-order valence-corrected chi connectivity index (χ0v) is 10.2. The summed E-state index contributed by atoms with van der Waals surface area (Å²) in [6, 6.07) is 0.718. The normalized spacial score (nSPS) is 16.0. The first-order chi connectivity index (χ1) is 8.29. The highest BCUT2D eigenvalue weighted by atomic mass is 32.2. The van der Waals surface area contributed by atoms with Gasteiger partial charge in [-0.2, -0.15) is 26.3 Å². The molecule has 0 spiro atoms. The monoisotopic (exact) mass is 306 g/mol. The molecule has 0 fully saturated rings. The van der Waals surface area contributed by atoms with Gasteiger partial charge in [-0.05, 0) is 23.8 Å². The largest absolute Gasteiger partial charge is 0.416 e. The Kier molecular flexibility index (Phi) is 3.93. The number of halogens is 6. The first-order valence-corrected chi connectivity index (χ1v) is 6.63. The van der Waals surface area contributed by atoms with Crippen LogP contribution >= 0.6 is 0 Å². The van der Waals surface area contributed by atoms with E-state index in [0.29, 0.717) is 17.5 Å². The van der Waals surface area contributed by atoms with Crippen molar-refractivity contribution in [1.29, 1.82) is 0 Å². The van der Waals surface area contributed by atoms with E-state index >= 15 is 0 Å². The van der Waals surface area contributed by atoms with Crippen LogP contribution in [0.4, 0.5) is 26.3 Å². The molecule has 1 aromatic carbocycles. The minimum Gasteiger partial charge on any atom is -0.314 e. The van der Waals surface area contributed by atoms with Crippen LogP contribution in [0.2, 0.25) is 0 Å². The van der Waals surface area contributed by atoms with Crippen molar-refractivity contribution >= 4 is 15.2 Å². The highest BCUT2D eigenvalue weighted by Crippen LogP contribution is 2.36. The third-order valence-corrected chi connectivity index (χ3v) is 2.67. The molecule has 0 radical (unpaired) electrons. The fourth-order valence-corrected chi connectivity index (χ4v) is 1.94. The van der Waals surface area contributed by atoms with Crippen molar-refractivity contribution in [3.63, 3.8) is 0 Å². The van der Waals surface area contributed by atoms with E-state index < -0.39 is 38.8 Å². The molecule has 0 bridgehead atoms. The Balaban J connectivity index is 3.56. The molecular formula is C10H8F6O2S. The lowest BCUT2D eigenvalue weighted by atomic mass is 10.1. The lowest BCUT2D eigenvalue weighted by Gasteiger charge is -2.13. The van der Waals surface area contributed by atoms with Gasteiger partial charge in [0.15, 0.2) is 0 Å². The highest BCUT2D eigenvalue weighted by Gasteiger charge is 2.36. The zero-order valence-electron chi connectivity index (χ0n) is 9.34. The summed E-state index contributed by atoms with van der Waals surface area (Å²) >= 11 is 0. The molecule has 0 aliphatic heterocycles. The topological polar surface area (TPSA) is 37.3 Å². The van der Waals surface area contributed by atoms with Crippen LogP contribution in [0.5, 0.6) is 0 Å². The van der Waals surface area contributed by atoms with Gasteiger partial charge in [0.25, 0.3) is 0 Å². The Morgan fingerprint density at radius 3 is 1.63 bits per heavy atom. The van der Waals surface area contributed by atoms with Gasteiger partial charge in [0.2, 0.25) is 0 Å². The molecule has 19 heavy (non-hydrogen) atoms. The molecule has 1 unspecified atom stereocenters. The first-order valence-electron chi connectivity index (χ1n) is 4.65. The van der Waals surface area contributed by atoms with Crippen molar-refractivity contribution in [1.82, 2.24) is 0 Å². The molecule has 1 N–H and O–H groups in total.